The molecule has 0 unspecified atom stereocenters. The molecule has 0 spiro atoms. The van der Waals surface area contributed by atoms with E-state index in [2.05, 4.69) is 55.4 Å². The van der Waals surface area contributed by atoms with Gasteiger partial charge in [0.2, 0.25) is 0 Å². The number of anilines is 2. The Labute approximate surface area is 207 Å². The predicted molar refractivity (Wildman–Crippen MR) is 139 cm³/mol. The van der Waals surface area contributed by atoms with Crippen LogP contribution in [0, 0.1) is 11.2 Å². The van der Waals surface area contributed by atoms with Crippen molar-refractivity contribution in [1.82, 2.24) is 5.32 Å². The lowest BCUT2D eigenvalue weighted by Crippen LogP contribution is -2.39. The van der Waals surface area contributed by atoms with Crippen LogP contribution in [0.4, 0.5) is 15.8 Å². The van der Waals surface area contributed by atoms with E-state index >= 15 is 0 Å². The molecule has 0 saturated heterocycles. The summed E-state index contributed by atoms with van der Waals surface area (Å²) in [5, 5.41) is 6.21. The third-order valence-electron chi connectivity index (χ3n) is 6.92. The van der Waals surface area contributed by atoms with Crippen LogP contribution in [0.15, 0.2) is 71.1 Å². The van der Waals surface area contributed by atoms with Gasteiger partial charge in [0.1, 0.15) is 5.82 Å². The minimum atomic E-state index is -0.492. The Morgan fingerprint density at radius 3 is 2.43 bits per heavy atom. The van der Waals surface area contributed by atoms with Crippen molar-refractivity contribution in [3.05, 3.63) is 82.5 Å². The number of rotatable bonds is 6. The second-order valence-electron chi connectivity index (χ2n) is 10.2. The van der Waals surface area contributed by atoms with Gasteiger partial charge in [0.25, 0.3) is 5.91 Å². The summed E-state index contributed by atoms with van der Waals surface area (Å²) in [4.78, 5) is 29.3. The van der Waals surface area contributed by atoms with Gasteiger partial charge in [0, 0.05) is 59.3 Å². The molecule has 0 radical (unpaired) electrons. The molecule has 2 N–H and O–H groups in total. The van der Waals surface area contributed by atoms with Gasteiger partial charge in [-0.1, -0.05) is 32.0 Å². The molecule has 0 fully saturated rings. The first kappa shape index (κ1) is 24.7. The number of halogens is 1. The topological polar surface area (TPSA) is 61.4 Å². The molecule has 0 saturated carbocycles. The van der Waals surface area contributed by atoms with Crippen LogP contribution in [-0.4, -0.2) is 24.8 Å². The van der Waals surface area contributed by atoms with Gasteiger partial charge in [-0.3, -0.25) is 9.59 Å². The molecule has 2 aromatic rings. The first-order chi connectivity index (χ1) is 16.6. The summed E-state index contributed by atoms with van der Waals surface area (Å²) >= 11 is 0. The van der Waals surface area contributed by atoms with Crippen molar-refractivity contribution in [3.63, 3.8) is 0 Å². The van der Waals surface area contributed by atoms with Gasteiger partial charge in [-0.15, -0.1) is 0 Å². The van der Waals surface area contributed by atoms with Crippen molar-refractivity contribution in [3.8, 4) is 0 Å². The zero-order valence-corrected chi connectivity index (χ0v) is 21.2. The fourth-order valence-corrected chi connectivity index (χ4v) is 5.30. The standard InChI is InChI=1S/C29H34FN3O2/c1-6-33(7-2)22-13-11-19(12-14-22)26-25(28(35)32-21-10-8-9-20(30)15-21)18(3)31-23-16-29(4,5)17-24(34)27(23)26/h8-15,26,31H,6-7,16-17H2,1-5H3,(H,32,35)/t26-/m1/s1. The summed E-state index contributed by atoms with van der Waals surface area (Å²) in [5.74, 6) is -1.20. The van der Waals surface area contributed by atoms with Crippen LogP contribution in [0.2, 0.25) is 0 Å². The maximum absolute atomic E-state index is 13.8. The number of benzene rings is 2. The number of dihydropyridines is 1. The van der Waals surface area contributed by atoms with Crippen molar-refractivity contribution in [1.29, 1.82) is 0 Å². The Morgan fingerprint density at radius 1 is 1.11 bits per heavy atom. The first-order valence-corrected chi connectivity index (χ1v) is 12.3. The van der Waals surface area contributed by atoms with E-state index in [1.54, 1.807) is 12.1 Å². The number of nitrogens with zero attached hydrogens (tertiary/aromatic N) is 1. The van der Waals surface area contributed by atoms with Gasteiger partial charge in [-0.05, 0) is 68.5 Å². The molecule has 184 valence electrons. The van der Waals surface area contributed by atoms with Crippen LogP contribution in [0.5, 0.6) is 0 Å². The van der Waals surface area contributed by atoms with Crippen molar-refractivity contribution in [2.75, 3.05) is 23.3 Å². The van der Waals surface area contributed by atoms with Crippen molar-refractivity contribution in [2.45, 2.75) is 53.4 Å². The Morgan fingerprint density at radius 2 is 1.80 bits per heavy atom. The Balaban J connectivity index is 1.79. The van der Waals surface area contributed by atoms with E-state index in [1.165, 1.54) is 12.1 Å². The minimum absolute atomic E-state index is 0.0603. The number of allylic oxidation sites excluding steroid dienone is 3. The minimum Gasteiger partial charge on any atom is -0.372 e. The van der Waals surface area contributed by atoms with Crippen LogP contribution in [-0.2, 0) is 9.59 Å². The molecule has 1 aliphatic heterocycles. The molecular weight excluding hydrogens is 441 g/mol. The van der Waals surface area contributed by atoms with E-state index in [1.807, 2.05) is 19.1 Å². The van der Waals surface area contributed by atoms with E-state index < -0.39 is 11.7 Å². The van der Waals surface area contributed by atoms with Gasteiger partial charge in [0.05, 0.1) is 0 Å². The summed E-state index contributed by atoms with van der Waals surface area (Å²) < 4.78 is 13.8. The van der Waals surface area contributed by atoms with Gasteiger partial charge < -0.3 is 15.5 Å². The lowest BCUT2D eigenvalue weighted by atomic mass is 9.68. The number of amides is 1. The number of carbonyl (C=O) groups excluding carboxylic acids is 2. The molecule has 2 aromatic carbocycles. The van der Waals surface area contributed by atoms with Gasteiger partial charge in [-0.25, -0.2) is 4.39 Å². The normalized spacial score (nSPS) is 19.3. The van der Waals surface area contributed by atoms with Crippen LogP contribution in [0.1, 0.15) is 58.9 Å². The van der Waals surface area contributed by atoms with E-state index in [-0.39, 0.29) is 17.1 Å². The SMILES string of the molecule is CCN(CC)c1ccc([C@@H]2C(C(=O)Nc3cccc(F)c3)=C(C)NC3=C2C(=O)CC(C)(C)C3)cc1. The van der Waals surface area contributed by atoms with E-state index in [9.17, 15) is 14.0 Å². The molecule has 0 bridgehead atoms. The number of ketones is 1. The molecule has 1 amide bonds. The van der Waals surface area contributed by atoms with Crippen molar-refractivity contribution < 1.29 is 14.0 Å². The summed E-state index contributed by atoms with van der Waals surface area (Å²) in [6.07, 6.45) is 1.16. The molecule has 5 nitrogen and oxygen atoms in total. The number of hydrogen-bond acceptors (Lipinski definition) is 4. The smallest absolute Gasteiger partial charge is 0.254 e. The quantitative estimate of drug-likeness (QED) is 0.545. The molecule has 0 aromatic heterocycles. The van der Waals surface area contributed by atoms with Crippen molar-refractivity contribution in [2.24, 2.45) is 5.41 Å². The van der Waals surface area contributed by atoms with Crippen molar-refractivity contribution >= 4 is 23.1 Å². The maximum atomic E-state index is 13.8. The summed E-state index contributed by atoms with van der Waals surface area (Å²) in [6, 6.07) is 14.0. The molecule has 1 heterocycles. The summed E-state index contributed by atoms with van der Waals surface area (Å²) in [7, 11) is 0. The molecule has 1 aliphatic carbocycles. The molecule has 1 atom stereocenters. The van der Waals surface area contributed by atoms with Crippen LogP contribution < -0.4 is 15.5 Å². The molecule has 35 heavy (non-hydrogen) atoms. The third kappa shape index (κ3) is 5.02. The lowest BCUT2D eigenvalue weighted by molar-refractivity contribution is -0.118. The second kappa shape index (κ2) is 9.68. The number of Topliss-reactive ketones (excluding diaryl/α,β-unsaturated/α-hetero) is 1. The van der Waals surface area contributed by atoms with Crippen LogP contribution in [0.25, 0.3) is 0 Å². The average molecular weight is 476 g/mol. The van der Waals surface area contributed by atoms with Crippen LogP contribution in [0.3, 0.4) is 0 Å². The van der Waals surface area contributed by atoms with Gasteiger partial charge >= 0.3 is 0 Å². The highest BCUT2D eigenvalue weighted by molar-refractivity contribution is 6.10. The number of hydrogen-bond donors (Lipinski definition) is 2. The number of carbonyl (C=O) groups is 2. The highest BCUT2D eigenvalue weighted by atomic mass is 19.1. The zero-order chi connectivity index (χ0) is 25.3. The maximum Gasteiger partial charge on any atom is 0.254 e. The van der Waals surface area contributed by atoms with E-state index in [0.29, 0.717) is 29.0 Å². The highest BCUT2D eigenvalue weighted by Gasteiger charge is 2.42. The molecular formula is C29H34FN3O2. The lowest BCUT2D eigenvalue weighted by Gasteiger charge is -2.39. The molecule has 6 heteroatoms. The van der Waals surface area contributed by atoms with E-state index in [0.717, 1.165) is 36.5 Å². The third-order valence-corrected chi connectivity index (χ3v) is 6.92. The van der Waals surface area contributed by atoms with E-state index in [4.69, 9.17) is 0 Å². The summed E-state index contributed by atoms with van der Waals surface area (Å²) in [5.41, 5.74) is 4.97. The van der Waals surface area contributed by atoms with Gasteiger partial charge in [-0.2, -0.15) is 0 Å². The largest absolute Gasteiger partial charge is 0.372 e. The Bertz CT molecular complexity index is 1210. The monoisotopic (exact) mass is 475 g/mol. The first-order valence-electron chi connectivity index (χ1n) is 12.3. The second-order valence-corrected chi connectivity index (χ2v) is 10.2. The average Bonchev–Trinajstić information content (AvgIpc) is 2.78. The Hall–Kier alpha value is -3.41. The Kier molecular flexibility index (Phi) is 6.84. The zero-order valence-electron chi connectivity index (χ0n) is 21.2. The molecule has 2 aliphatic rings. The predicted octanol–water partition coefficient (Wildman–Crippen LogP) is 5.91. The fourth-order valence-electron chi connectivity index (χ4n) is 5.30. The highest BCUT2D eigenvalue weighted by Crippen LogP contribution is 2.47. The number of nitrogens with one attached hydrogen (secondary N) is 2. The molecule has 4 rings (SSSR count). The van der Waals surface area contributed by atoms with Gasteiger partial charge in [0.15, 0.2) is 5.78 Å². The van der Waals surface area contributed by atoms with Crippen LogP contribution >= 0.6 is 0 Å². The fraction of sp³-hybridized carbons (Fsp3) is 0.379. The summed E-state index contributed by atoms with van der Waals surface area (Å²) in [6.45, 7) is 12.1.